The van der Waals surface area contributed by atoms with Gasteiger partial charge in [-0.3, -0.25) is 4.79 Å². The second-order valence-corrected chi connectivity index (χ2v) is 4.76. The fourth-order valence-electron chi connectivity index (χ4n) is 2.04. The van der Waals surface area contributed by atoms with Crippen LogP contribution in [0.1, 0.15) is 31.6 Å². The monoisotopic (exact) mass is 296 g/mol. The maximum atomic E-state index is 12.0. The van der Waals surface area contributed by atoms with Crippen molar-refractivity contribution in [3.63, 3.8) is 0 Å². The van der Waals surface area contributed by atoms with Gasteiger partial charge in [-0.05, 0) is 32.0 Å². The largest absolute Gasteiger partial charge is 0.459 e. The maximum absolute atomic E-state index is 12.0. The van der Waals surface area contributed by atoms with E-state index >= 15 is 0 Å². The first kappa shape index (κ1) is 16.5. The third-order valence-electron chi connectivity index (χ3n) is 3.43. The number of hydrogen-bond acceptors (Lipinski definition) is 3. The minimum absolute atomic E-state index is 0. The molecule has 0 saturated carbocycles. The molecule has 2 N–H and O–H groups in total. The minimum atomic E-state index is -0.0716. The van der Waals surface area contributed by atoms with Crippen molar-refractivity contribution < 1.29 is 9.21 Å². The van der Waals surface area contributed by atoms with Gasteiger partial charge in [0, 0.05) is 18.9 Å². The fraction of sp³-hybridized carbons (Fsp3) is 0.400. The average molecular weight is 297 g/mol. The highest BCUT2D eigenvalue weighted by molar-refractivity contribution is 5.85. The van der Waals surface area contributed by atoms with Gasteiger partial charge in [0.05, 0.1) is 6.04 Å². The number of nitrogens with zero attached hydrogens (tertiary/aromatic N) is 1. The summed E-state index contributed by atoms with van der Waals surface area (Å²) in [6.45, 7) is 2.51. The number of carbonyl (C=O) groups is 1. The molecule has 1 amide bonds. The molecule has 1 aromatic heterocycles. The van der Waals surface area contributed by atoms with Gasteiger partial charge in [0.1, 0.15) is 11.3 Å². The molecule has 110 valence electrons. The Labute approximate surface area is 125 Å². The van der Waals surface area contributed by atoms with Crippen LogP contribution in [0.4, 0.5) is 0 Å². The van der Waals surface area contributed by atoms with Crippen LogP contribution in [0.25, 0.3) is 11.0 Å². The molecule has 2 aromatic rings. The van der Waals surface area contributed by atoms with Gasteiger partial charge in [-0.1, -0.05) is 18.2 Å². The van der Waals surface area contributed by atoms with E-state index in [-0.39, 0.29) is 24.4 Å². The SMILES string of the molecule is CC(c1cc2ccccc2o1)N(C)C(=O)CCCN.Cl. The van der Waals surface area contributed by atoms with Crippen LogP contribution in [0.3, 0.4) is 0 Å². The summed E-state index contributed by atoms with van der Waals surface area (Å²) in [5, 5.41) is 1.06. The molecule has 0 radical (unpaired) electrons. The number of rotatable bonds is 5. The lowest BCUT2D eigenvalue weighted by Gasteiger charge is -2.23. The summed E-state index contributed by atoms with van der Waals surface area (Å²) in [4.78, 5) is 13.7. The van der Waals surface area contributed by atoms with E-state index in [4.69, 9.17) is 10.2 Å². The van der Waals surface area contributed by atoms with Crippen molar-refractivity contribution >= 4 is 29.3 Å². The summed E-state index contributed by atoms with van der Waals surface area (Å²) in [5.74, 6) is 0.906. The molecule has 0 bridgehead atoms. The van der Waals surface area contributed by atoms with E-state index in [9.17, 15) is 4.79 Å². The van der Waals surface area contributed by atoms with Gasteiger partial charge in [0.2, 0.25) is 5.91 Å². The van der Waals surface area contributed by atoms with Crippen LogP contribution in [0.2, 0.25) is 0 Å². The summed E-state index contributed by atoms with van der Waals surface area (Å²) < 4.78 is 5.79. The van der Waals surface area contributed by atoms with E-state index in [0.29, 0.717) is 13.0 Å². The predicted molar refractivity (Wildman–Crippen MR) is 82.9 cm³/mol. The van der Waals surface area contributed by atoms with Crippen molar-refractivity contribution in [2.24, 2.45) is 5.73 Å². The van der Waals surface area contributed by atoms with Crippen LogP contribution in [-0.4, -0.2) is 24.4 Å². The van der Waals surface area contributed by atoms with Gasteiger partial charge in [-0.2, -0.15) is 0 Å². The Morgan fingerprint density at radius 1 is 1.40 bits per heavy atom. The van der Waals surface area contributed by atoms with Crippen LogP contribution < -0.4 is 5.73 Å². The second-order valence-electron chi connectivity index (χ2n) is 4.76. The number of carbonyl (C=O) groups excluding carboxylic acids is 1. The zero-order valence-electron chi connectivity index (χ0n) is 11.8. The quantitative estimate of drug-likeness (QED) is 0.922. The normalized spacial score (nSPS) is 11.9. The number of nitrogens with two attached hydrogens (primary N) is 1. The first-order chi connectivity index (χ1) is 9.13. The summed E-state index contributed by atoms with van der Waals surface area (Å²) in [6, 6.07) is 9.77. The molecule has 20 heavy (non-hydrogen) atoms. The standard InChI is InChI=1S/C15H20N2O2.ClH/c1-11(17(2)15(18)8-5-9-16)14-10-12-6-3-4-7-13(12)19-14;/h3-4,6-7,10-11H,5,8-9,16H2,1-2H3;1H. The maximum Gasteiger partial charge on any atom is 0.222 e. The Morgan fingerprint density at radius 3 is 2.75 bits per heavy atom. The zero-order chi connectivity index (χ0) is 13.8. The highest BCUT2D eigenvalue weighted by Crippen LogP contribution is 2.26. The Hall–Kier alpha value is -1.52. The highest BCUT2D eigenvalue weighted by Gasteiger charge is 2.20. The van der Waals surface area contributed by atoms with Crippen LogP contribution >= 0.6 is 12.4 Å². The molecule has 0 saturated heterocycles. The molecule has 0 aliphatic carbocycles. The number of furan rings is 1. The minimum Gasteiger partial charge on any atom is -0.459 e. The van der Waals surface area contributed by atoms with Gasteiger partial charge >= 0.3 is 0 Å². The van der Waals surface area contributed by atoms with E-state index in [0.717, 1.165) is 23.2 Å². The molecule has 1 unspecified atom stereocenters. The van der Waals surface area contributed by atoms with Crippen LogP contribution in [0.15, 0.2) is 34.7 Å². The molecule has 5 heteroatoms. The third-order valence-corrected chi connectivity index (χ3v) is 3.43. The van der Waals surface area contributed by atoms with Gasteiger partial charge in [0.25, 0.3) is 0 Å². The molecular formula is C15H21ClN2O2. The Bertz CT molecular complexity index is 535. The molecule has 0 aliphatic heterocycles. The zero-order valence-corrected chi connectivity index (χ0v) is 12.7. The van der Waals surface area contributed by atoms with E-state index in [2.05, 4.69) is 0 Å². The van der Waals surface area contributed by atoms with E-state index in [1.807, 2.05) is 37.3 Å². The summed E-state index contributed by atoms with van der Waals surface area (Å²) in [5.41, 5.74) is 6.28. The molecular weight excluding hydrogens is 276 g/mol. The molecule has 0 aliphatic rings. The smallest absolute Gasteiger partial charge is 0.222 e. The fourth-order valence-corrected chi connectivity index (χ4v) is 2.04. The molecule has 0 fully saturated rings. The molecule has 1 atom stereocenters. The molecule has 1 aromatic carbocycles. The number of benzene rings is 1. The highest BCUT2D eigenvalue weighted by atomic mass is 35.5. The van der Waals surface area contributed by atoms with Crippen molar-refractivity contribution in [2.75, 3.05) is 13.6 Å². The predicted octanol–water partition coefficient (Wildman–Crippen LogP) is 3.11. The molecule has 4 nitrogen and oxygen atoms in total. The van der Waals surface area contributed by atoms with Gasteiger partial charge < -0.3 is 15.1 Å². The topological polar surface area (TPSA) is 59.5 Å². The van der Waals surface area contributed by atoms with Gasteiger partial charge in [-0.15, -0.1) is 12.4 Å². The lowest BCUT2D eigenvalue weighted by Crippen LogP contribution is -2.29. The van der Waals surface area contributed by atoms with E-state index in [1.54, 1.807) is 11.9 Å². The van der Waals surface area contributed by atoms with Crippen LogP contribution in [0.5, 0.6) is 0 Å². The third kappa shape index (κ3) is 3.52. The van der Waals surface area contributed by atoms with E-state index in [1.165, 1.54) is 0 Å². The van der Waals surface area contributed by atoms with Crippen molar-refractivity contribution in [3.05, 3.63) is 36.1 Å². The van der Waals surface area contributed by atoms with E-state index < -0.39 is 0 Å². The summed E-state index contributed by atoms with van der Waals surface area (Å²) in [7, 11) is 1.80. The Kier molecular flexibility index (Phi) is 6.05. The number of hydrogen-bond donors (Lipinski definition) is 1. The molecule has 1 heterocycles. The van der Waals surface area contributed by atoms with Gasteiger partial charge in [-0.25, -0.2) is 0 Å². The van der Waals surface area contributed by atoms with Crippen LogP contribution in [0, 0.1) is 0 Å². The lowest BCUT2D eigenvalue weighted by molar-refractivity contribution is -0.132. The summed E-state index contributed by atoms with van der Waals surface area (Å²) >= 11 is 0. The first-order valence-corrected chi connectivity index (χ1v) is 6.57. The van der Waals surface area contributed by atoms with Crippen molar-refractivity contribution in [3.8, 4) is 0 Å². The number of halogens is 1. The average Bonchev–Trinajstić information content (AvgIpc) is 2.86. The first-order valence-electron chi connectivity index (χ1n) is 6.57. The summed E-state index contributed by atoms with van der Waals surface area (Å²) in [6.07, 6.45) is 1.20. The van der Waals surface area contributed by atoms with Crippen molar-refractivity contribution in [2.45, 2.75) is 25.8 Å². The number of amides is 1. The second kappa shape index (κ2) is 7.31. The molecule has 2 rings (SSSR count). The van der Waals surface area contributed by atoms with Crippen LogP contribution in [-0.2, 0) is 4.79 Å². The lowest BCUT2D eigenvalue weighted by atomic mass is 10.2. The van der Waals surface area contributed by atoms with Gasteiger partial charge in [0.15, 0.2) is 0 Å². The van der Waals surface area contributed by atoms with Crippen molar-refractivity contribution in [1.82, 2.24) is 4.90 Å². The number of fused-ring (bicyclic) bond motifs is 1. The number of para-hydroxylation sites is 1. The molecule has 0 spiro atoms. The van der Waals surface area contributed by atoms with Crippen molar-refractivity contribution in [1.29, 1.82) is 0 Å². The Balaban J connectivity index is 0.00000200. The Morgan fingerprint density at radius 2 is 2.10 bits per heavy atom.